The first-order valence-electron chi connectivity index (χ1n) is 5.18. The van der Waals surface area contributed by atoms with Gasteiger partial charge < -0.3 is 0 Å². The molecule has 0 radical (unpaired) electrons. The lowest BCUT2D eigenvalue weighted by Crippen LogP contribution is -2.36. The lowest BCUT2D eigenvalue weighted by atomic mass is 10.1. The first kappa shape index (κ1) is 17.7. The van der Waals surface area contributed by atoms with Gasteiger partial charge in [0, 0.05) is 11.3 Å². The molecule has 0 aliphatic heterocycles. The second-order valence-corrected chi connectivity index (χ2v) is 6.85. The molecule has 0 aliphatic rings. The molecule has 0 nitrogen and oxygen atoms in total. The van der Waals surface area contributed by atoms with Crippen molar-refractivity contribution in [2.75, 3.05) is 5.88 Å². The topological polar surface area (TPSA) is 0 Å². The molecular weight excluding hydrogens is 333 g/mol. The van der Waals surface area contributed by atoms with Crippen molar-refractivity contribution in [3.05, 3.63) is 0 Å². The van der Waals surface area contributed by atoms with Crippen molar-refractivity contribution in [1.29, 1.82) is 0 Å². The van der Waals surface area contributed by atoms with Gasteiger partial charge in [0.05, 0.1) is 21.5 Å². The summed E-state index contributed by atoms with van der Waals surface area (Å²) < 4.78 is 0. The number of rotatable bonds is 8. The minimum Gasteiger partial charge on any atom is -0.127 e. The monoisotopic (exact) mass is 346 g/mol. The molecule has 0 aliphatic carbocycles. The molecule has 5 unspecified atom stereocenters. The second kappa shape index (κ2) is 9.64. The highest BCUT2D eigenvalue weighted by atomic mass is 35.5. The number of hydrogen-bond acceptors (Lipinski definition) is 0. The summed E-state index contributed by atoms with van der Waals surface area (Å²) in [5, 5.41) is -1.65. The van der Waals surface area contributed by atoms with E-state index in [1.165, 1.54) is 0 Å². The molecule has 0 aromatic carbocycles. The minimum absolute atomic E-state index is 0.205. The fourth-order valence-electron chi connectivity index (χ4n) is 1.22. The average Bonchev–Trinajstić information content (AvgIpc) is 2.26. The molecule has 0 bridgehead atoms. The van der Waals surface area contributed by atoms with E-state index in [1.54, 1.807) is 6.92 Å². The standard InChI is InChI=1S/C10H16Cl6/c1-6(12)8(14)10(16)9(15)7(13)4-2-3-5-11/h6-10H,2-5H2,1H3. The van der Waals surface area contributed by atoms with Gasteiger partial charge in [0.1, 0.15) is 0 Å². The minimum atomic E-state index is -0.436. The number of hydrogen-bond donors (Lipinski definition) is 0. The van der Waals surface area contributed by atoms with Crippen molar-refractivity contribution in [3.8, 4) is 0 Å². The molecular formula is C10H16Cl6. The van der Waals surface area contributed by atoms with E-state index < -0.39 is 5.38 Å². The van der Waals surface area contributed by atoms with E-state index >= 15 is 0 Å². The van der Waals surface area contributed by atoms with Crippen molar-refractivity contribution in [3.63, 3.8) is 0 Å². The van der Waals surface area contributed by atoms with E-state index in [0.29, 0.717) is 5.88 Å². The van der Waals surface area contributed by atoms with Gasteiger partial charge in [-0.15, -0.1) is 69.6 Å². The van der Waals surface area contributed by atoms with Gasteiger partial charge in [0.2, 0.25) is 0 Å². The predicted octanol–water partition coefficient (Wildman–Crippen LogP) is 5.45. The van der Waals surface area contributed by atoms with Crippen LogP contribution in [0, 0.1) is 0 Å². The zero-order chi connectivity index (χ0) is 12.7. The van der Waals surface area contributed by atoms with Crippen LogP contribution >= 0.6 is 69.6 Å². The van der Waals surface area contributed by atoms with Crippen molar-refractivity contribution in [2.45, 2.75) is 53.1 Å². The number of alkyl halides is 6. The van der Waals surface area contributed by atoms with Gasteiger partial charge >= 0.3 is 0 Å². The Morgan fingerprint density at radius 2 is 1.38 bits per heavy atom. The SMILES string of the molecule is CC(Cl)C(Cl)C(Cl)C(Cl)C(Cl)CCCCCl. The molecule has 0 saturated carbocycles. The van der Waals surface area contributed by atoms with Crippen LogP contribution in [0.15, 0.2) is 0 Å². The van der Waals surface area contributed by atoms with Crippen LogP contribution in [0.25, 0.3) is 0 Å². The maximum absolute atomic E-state index is 6.16. The maximum Gasteiger partial charge on any atom is 0.0691 e. The van der Waals surface area contributed by atoms with Crippen LogP contribution in [-0.2, 0) is 0 Å². The van der Waals surface area contributed by atoms with E-state index in [1.807, 2.05) is 0 Å². The molecule has 0 aromatic rings. The van der Waals surface area contributed by atoms with Crippen molar-refractivity contribution >= 4 is 69.6 Å². The molecule has 0 aromatic heterocycles. The van der Waals surface area contributed by atoms with E-state index in [4.69, 9.17) is 69.6 Å². The highest BCUT2D eigenvalue weighted by Gasteiger charge is 2.32. The van der Waals surface area contributed by atoms with Crippen molar-refractivity contribution < 1.29 is 0 Å². The van der Waals surface area contributed by atoms with Crippen LogP contribution in [0.4, 0.5) is 0 Å². The van der Waals surface area contributed by atoms with Gasteiger partial charge in [-0.2, -0.15) is 0 Å². The first-order chi connectivity index (χ1) is 7.41. The zero-order valence-electron chi connectivity index (χ0n) is 8.98. The summed E-state index contributed by atoms with van der Waals surface area (Å²) in [4.78, 5) is 0. The van der Waals surface area contributed by atoms with Gasteiger partial charge in [-0.25, -0.2) is 0 Å². The lowest BCUT2D eigenvalue weighted by molar-refractivity contribution is 0.610. The number of unbranched alkanes of at least 4 members (excludes halogenated alkanes) is 1. The normalized spacial score (nSPS) is 21.2. The predicted molar refractivity (Wildman–Crippen MR) is 78.5 cm³/mol. The summed E-state index contributed by atoms with van der Waals surface area (Å²) in [5.74, 6) is 0.637. The Morgan fingerprint density at radius 1 is 0.812 bits per heavy atom. The second-order valence-electron chi connectivity index (χ2n) is 3.71. The third-order valence-electron chi connectivity index (χ3n) is 2.26. The van der Waals surface area contributed by atoms with E-state index in [0.717, 1.165) is 19.3 Å². The van der Waals surface area contributed by atoms with Crippen LogP contribution in [0.1, 0.15) is 26.2 Å². The van der Waals surface area contributed by atoms with Gasteiger partial charge in [-0.3, -0.25) is 0 Å². The molecule has 98 valence electrons. The Balaban J connectivity index is 4.05. The van der Waals surface area contributed by atoms with Crippen LogP contribution < -0.4 is 0 Å². The highest BCUT2D eigenvalue weighted by molar-refractivity contribution is 6.39. The van der Waals surface area contributed by atoms with Gasteiger partial charge in [-0.1, -0.05) is 6.42 Å². The summed E-state index contributed by atoms with van der Waals surface area (Å²) in [6.07, 6.45) is 2.65. The van der Waals surface area contributed by atoms with E-state index in [-0.39, 0.29) is 21.5 Å². The van der Waals surface area contributed by atoms with Gasteiger partial charge in [-0.05, 0) is 19.8 Å². The van der Waals surface area contributed by atoms with E-state index in [9.17, 15) is 0 Å². The average molecular weight is 349 g/mol. The first-order valence-corrected chi connectivity index (χ1v) is 7.89. The summed E-state index contributed by atoms with van der Waals surface area (Å²) in [6, 6.07) is 0. The molecule has 0 fully saturated rings. The summed E-state index contributed by atoms with van der Waals surface area (Å²) in [7, 11) is 0. The summed E-state index contributed by atoms with van der Waals surface area (Å²) >= 11 is 35.9. The maximum atomic E-state index is 6.16. The Labute approximate surface area is 128 Å². The quantitative estimate of drug-likeness (QED) is 0.404. The van der Waals surface area contributed by atoms with Crippen molar-refractivity contribution in [1.82, 2.24) is 0 Å². The summed E-state index contributed by atoms with van der Waals surface area (Å²) in [6.45, 7) is 1.79. The third-order valence-corrected chi connectivity index (χ3v) is 5.57. The Hall–Kier alpha value is 1.74. The fourth-order valence-corrected chi connectivity index (χ4v) is 2.93. The molecule has 0 spiro atoms. The third kappa shape index (κ3) is 6.61. The molecule has 6 heteroatoms. The number of halogens is 6. The zero-order valence-corrected chi connectivity index (χ0v) is 13.5. The Bertz CT molecular complexity index is 175. The lowest BCUT2D eigenvalue weighted by Gasteiger charge is -2.25. The highest BCUT2D eigenvalue weighted by Crippen LogP contribution is 2.29. The smallest absolute Gasteiger partial charge is 0.0691 e. The van der Waals surface area contributed by atoms with Crippen LogP contribution in [0.3, 0.4) is 0 Å². The summed E-state index contributed by atoms with van der Waals surface area (Å²) in [5.41, 5.74) is 0. The molecule has 0 amide bonds. The van der Waals surface area contributed by atoms with Gasteiger partial charge in [0.25, 0.3) is 0 Å². The van der Waals surface area contributed by atoms with E-state index in [2.05, 4.69) is 0 Å². The molecule has 0 rings (SSSR count). The molecule has 16 heavy (non-hydrogen) atoms. The van der Waals surface area contributed by atoms with Crippen LogP contribution in [-0.4, -0.2) is 32.8 Å². The molecule has 0 heterocycles. The largest absolute Gasteiger partial charge is 0.127 e. The molecule has 5 atom stereocenters. The van der Waals surface area contributed by atoms with Crippen LogP contribution in [0.2, 0.25) is 0 Å². The van der Waals surface area contributed by atoms with Crippen LogP contribution in [0.5, 0.6) is 0 Å². The molecule has 0 N–H and O–H groups in total. The molecule has 0 saturated heterocycles. The van der Waals surface area contributed by atoms with Crippen molar-refractivity contribution in [2.24, 2.45) is 0 Å². The Kier molecular flexibility index (Phi) is 10.7. The Morgan fingerprint density at radius 3 is 1.81 bits per heavy atom. The van der Waals surface area contributed by atoms with Gasteiger partial charge in [0.15, 0.2) is 0 Å². The fraction of sp³-hybridized carbons (Fsp3) is 1.00.